The first kappa shape index (κ1) is 28.0. The van der Waals surface area contributed by atoms with Crippen molar-refractivity contribution in [2.75, 3.05) is 31.2 Å². The average Bonchev–Trinajstić information content (AvgIpc) is 2.79. The number of ether oxygens (including phenoxy) is 1. The highest BCUT2D eigenvalue weighted by molar-refractivity contribution is 8.32. The Bertz CT molecular complexity index is 1330. The van der Waals surface area contributed by atoms with Crippen LogP contribution in [0.15, 0.2) is 58.2 Å². The molecule has 3 aromatic rings. The van der Waals surface area contributed by atoms with E-state index in [1.54, 1.807) is 57.1 Å². The van der Waals surface area contributed by atoms with Crippen molar-refractivity contribution >= 4 is 27.5 Å². The summed E-state index contributed by atoms with van der Waals surface area (Å²) < 4.78 is 35.6. The van der Waals surface area contributed by atoms with Crippen molar-refractivity contribution in [3.05, 3.63) is 87.3 Å². The van der Waals surface area contributed by atoms with Crippen LogP contribution in [0, 0.1) is 18.6 Å². The standard InChI is InChI=1S/C26H30F2N4O4S/c1-16-6-11-23(34)32(31-16)14-22(33)30-24(18-9-7-17(8-10-18)15-36-2)26(35)29-19-12-20(27)25(21(28)13-19)37(3,4)5/h6-13,24H,14-15H2,1-5H3,(H,29,35)(H,30,33)/t24-/m1/s1. The van der Waals surface area contributed by atoms with Gasteiger partial charge in [0, 0.05) is 18.9 Å². The number of nitrogens with one attached hydrogen (secondary N) is 2. The minimum Gasteiger partial charge on any atom is -0.380 e. The smallest absolute Gasteiger partial charge is 0.267 e. The molecule has 0 radical (unpaired) electrons. The molecular weight excluding hydrogens is 502 g/mol. The second-order valence-corrected chi connectivity index (χ2v) is 13.3. The van der Waals surface area contributed by atoms with Crippen LogP contribution in [0.5, 0.6) is 0 Å². The Morgan fingerprint density at radius 3 is 2.24 bits per heavy atom. The van der Waals surface area contributed by atoms with Gasteiger partial charge in [0.05, 0.1) is 17.2 Å². The van der Waals surface area contributed by atoms with Crippen molar-refractivity contribution < 1.29 is 23.1 Å². The molecule has 0 unspecified atom stereocenters. The number of benzene rings is 2. The molecule has 8 nitrogen and oxygen atoms in total. The number of halogens is 2. The van der Waals surface area contributed by atoms with Crippen molar-refractivity contribution in [3.8, 4) is 0 Å². The van der Waals surface area contributed by atoms with Gasteiger partial charge >= 0.3 is 0 Å². The average molecular weight is 533 g/mol. The molecule has 0 aliphatic rings. The summed E-state index contributed by atoms with van der Waals surface area (Å²) in [5.41, 5.74) is 1.25. The second-order valence-electron chi connectivity index (χ2n) is 9.24. The van der Waals surface area contributed by atoms with Crippen molar-refractivity contribution in [1.29, 1.82) is 0 Å². The van der Waals surface area contributed by atoms with Crippen LogP contribution in [0.1, 0.15) is 22.9 Å². The van der Waals surface area contributed by atoms with Gasteiger partial charge in [-0.3, -0.25) is 14.4 Å². The molecule has 11 heteroatoms. The van der Waals surface area contributed by atoms with E-state index < -0.39 is 51.6 Å². The molecule has 1 atom stereocenters. The molecule has 3 rings (SSSR count). The largest absolute Gasteiger partial charge is 0.380 e. The van der Waals surface area contributed by atoms with E-state index in [1.807, 2.05) is 0 Å². The monoisotopic (exact) mass is 532 g/mol. The quantitative estimate of drug-likeness (QED) is 0.439. The molecular formula is C26H30F2N4O4S. The fourth-order valence-electron chi connectivity index (χ4n) is 3.71. The summed E-state index contributed by atoms with van der Waals surface area (Å²) in [7, 11) is -0.142. The highest BCUT2D eigenvalue weighted by atomic mass is 32.3. The molecule has 2 aromatic carbocycles. The fraction of sp³-hybridized carbons (Fsp3) is 0.308. The summed E-state index contributed by atoms with van der Waals surface area (Å²) in [5, 5.41) is 9.13. The van der Waals surface area contributed by atoms with Crippen LogP contribution in [0.4, 0.5) is 14.5 Å². The van der Waals surface area contributed by atoms with Crippen LogP contribution >= 0.6 is 10.0 Å². The SMILES string of the molecule is COCc1ccc([C@@H](NC(=O)Cn2nc(C)ccc2=O)C(=O)Nc2cc(F)c(S(C)(C)C)c(F)c2)cc1. The molecule has 0 bridgehead atoms. The Morgan fingerprint density at radius 1 is 1.05 bits per heavy atom. The Labute approximate surface area is 215 Å². The van der Waals surface area contributed by atoms with Gasteiger partial charge in [-0.2, -0.15) is 5.10 Å². The zero-order valence-electron chi connectivity index (χ0n) is 21.3. The van der Waals surface area contributed by atoms with Gasteiger partial charge in [-0.1, -0.05) is 24.3 Å². The van der Waals surface area contributed by atoms with Crippen LogP contribution in [-0.2, 0) is 27.5 Å². The molecule has 1 aromatic heterocycles. The van der Waals surface area contributed by atoms with Gasteiger partial charge < -0.3 is 15.4 Å². The van der Waals surface area contributed by atoms with E-state index in [-0.39, 0.29) is 10.6 Å². The first-order chi connectivity index (χ1) is 17.4. The summed E-state index contributed by atoms with van der Waals surface area (Å²) >= 11 is 0. The summed E-state index contributed by atoms with van der Waals surface area (Å²) in [5.74, 6) is -2.88. The van der Waals surface area contributed by atoms with Gasteiger partial charge in [-0.05, 0) is 55.0 Å². The molecule has 0 saturated carbocycles. The van der Waals surface area contributed by atoms with E-state index in [9.17, 15) is 23.2 Å². The van der Waals surface area contributed by atoms with Gasteiger partial charge in [0.25, 0.3) is 11.5 Å². The fourth-order valence-corrected chi connectivity index (χ4v) is 5.00. The highest BCUT2D eigenvalue weighted by Gasteiger charge is 2.25. The number of aromatic nitrogens is 2. The van der Waals surface area contributed by atoms with Crippen LogP contribution in [0.3, 0.4) is 0 Å². The lowest BCUT2D eigenvalue weighted by atomic mass is 10.0. The number of rotatable bonds is 9. The Kier molecular flexibility index (Phi) is 8.82. The van der Waals surface area contributed by atoms with E-state index in [2.05, 4.69) is 15.7 Å². The van der Waals surface area contributed by atoms with E-state index in [4.69, 9.17) is 4.74 Å². The number of carbonyl (C=O) groups is 2. The van der Waals surface area contributed by atoms with Crippen molar-refractivity contribution in [3.63, 3.8) is 0 Å². The lowest BCUT2D eigenvalue weighted by Gasteiger charge is -2.27. The maximum absolute atomic E-state index is 14.7. The number of nitrogens with zero attached hydrogens (tertiary/aromatic N) is 2. The topological polar surface area (TPSA) is 102 Å². The Balaban J connectivity index is 1.89. The lowest BCUT2D eigenvalue weighted by molar-refractivity contribution is -0.127. The summed E-state index contributed by atoms with van der Waals surface area (Å²) in [4.78, 5) is 38.1. The number of hydrogen-bond donors (Lipinski definition) is 2. The molecule has 1 heterocycles. The van der Waals surface area contributed by atoms with E-state index >= 15 is 0 Å². The van der Waals surface area contributed by atoms with E-state index in [0.717, 1.165) is 22.4 Å². The van der Waals surface area contributed by atoms with E-state index in [0.29, 0.717) is 17.9 Å². The zero-order valence-corrected chi connectivity index (χ0v) is 22.1. The molecule has 2 amide bonds. The van der Waals surface area contributed by atoms with Gasteiger partial charge in [0.15, 0.2) is 0 Å². The first-order valence-corrected chi connectivity index (χ1v) is 14.1. The second kappa shape index (κ2) is 11.7. The van der Waals surface area contributed by atoms with Crippen molar-refractivity contribution in [1.82, 2.24) is 15.1 Å². The van der Waals surface area contributed by atoms with E-state index in [1.165, 1.54) is 12.1 Å². The van der Waals surface area contributed by atoms with Gasteiger partial charge in [-0.15, -0.1) is 0 Å². The first-order valence-electron chi connectivity index (χ1n) is 11.3. The third-order valence-electron chi connectivity index (χ3n) is 5.36. The normalized spacial score (nSPS) is 12.6. The maximum Gasteiger partial charge on any atom is 0.267 e. The van der Waals surface area contributed by atoms with Crippen LogP contribution in [-0.4, -0.2) is 47.5 Å². The van der Waals surface area contributed by atoms with Gasteiger partial charge in [-0.25, -0.2) is 23.5 Å². The van der Waals surface area contributed by atoms with Crippen LogP contribution in [0.25, 0.3) is 0 Å². The summed E-state index contributed by atoms with van der Waals surface area (Å²) in [6.07, 6.45) is 5.29. The molecule has 2 N–H and O–H groups in total. The number of hydrogen-bond acceptors (Lipinski definition) is 5. The predicted molar refractivity (Wildman–Crippen MR) is 140 cm³/mol. The van der Waals surface area contributed by atoms with Crippen molar-refractivity contribution in [2.45, 2.75) is 31.0 Å². The molecule has 0 aliphatic heterocycles. The summed E-state index contributed by atoms with van der Waals surface area (Å²) in [6, 6.07) is 10.5. The molecule has 0 aliphatic carbocycles. The number of methoxy groups -OCH3 is 1. The highest BCUT2D eigenvalue weighted by Crippen LogP contribution is 2.48. The lowest BCUT2D eigenvalue weighted by Crippen LogP contribution is -2.40. The number of carbonyl (C=O) groups excluding carboxylic acids is 2. The maximum atomic E-state index is 14.7. The number of anilines is 1. The molecule has 0 saturated heterocycles. The third-order valence-corrected chi connectivity index (χ3v) is 6.98. The Hall–Kier alpha value is -3.57. The van der Waals surface area contributed by atoms with Crippen LogP contribution in [0.2, 0.25) is 0 Å². The number of amides is 2. The summed E-state index contributed by atoms with van der Waals surface area (Å²) in [6.45, 7) is 1.61. The molecule has 0 fully saturated rings. The molecule has 198 valence electrons. The van der Waals surface area contributed by atoms with Crippen molar-refractivity contribution in [2.24, 2.45) is 0 Å². The minimum absolute atomic E-state index is 0.0137. The minimum atomic E-state index is -1.69. The number of aryl methyl sites for hydroxylation is 1. The van der Waals surface area contributed by atoms with Crippen LogP contribution < -0.4 is 16.2 Å². The molecule has 0 spiro atoms. The predicted octanol–water partition coefficient (Wildman–Crippen LogP) is 3.53. The third kappa shape index (κ3) is 7.23. The van der Waals surface area contributed by atoms with Gasteiger partial charge in [0.2, 0.25) is 5.91 Å². The Morgan fingerprint density at radius 2 is 1.68 bits per heavy atom. The van der Waals surface area contributed by atoms with Gasteiger partial charge in [0.1, 0.15) is 24.2 Å². The zero-order chi connectivity index (χ0) is 27.3. The molecule has 37 heavy (non-hydrogen) atoms.